The maximum absolute atomic E-state index is 4.59. The van der Waals surface area contributed by atoms with Gasteiger partial charge >= 0.3 is 0 Å². The number of aryl methyl sites for hydroxylation is 1. The summed E-state index contributed by atoms with van der Waals surface area (Å²) in [6, 6.07) is 4.48. The van der Waals surface area contributed by atoms with Crippen molar-refractivity contribution in [3.63, 3.8) is 0 Å². The van der Waals surface area contributed by atoms with Crippen LogP contribution in [0.2, 0.25) is 0 Å². The first-order valence-electron chi connectivity index (χ1n) is 6.99. The van der Waals surface area contributed by atoms with E-state index in [-0.39, 0.29) is 0 Å². The van der Waals surface area contributed by atoms with E-state index in [0.717, 1.165) is 40.2 Å². The first-order valence-corrected chi connectivity index (χ1v) is 7.79. The summed E-state index contributed by atoms with van der Waals surface area (Å²) in [5.74, 6) is 0. The fourth-order valence-electron chi connectivity index (χ4n) is 2.31. The van der Waals surface area contributed by atoms with Gasteiger partial charge in [-0.15, -0.1) is 0 Å². The van der Waals surface area contributed by atoms with E-state index in [9.17, 15) is 0 Å². The van der Waals surface area contributed by atoms with E-state index in [1.165, 1.54) is 0 Å². The molecule has 5 heteroatoms. The molecule has 108 valence electrons. The number of aromatic nitrogens is 3. The third kappa shape index (κ3) is 2.94. The minimum Gasteiger partial charge on any atom is -0.309 e. The van der Waals surface area contributed by atoms with Gasteiger partial charge in [0.05, 0.1) is 33.4 Å². The van der Waals surface area contributed by atoms with E-state index in [1.807, 2.05) is 24.7 Å². The van der Waals surface area contributed by atoms with Gasteiger partial charge in [-0.1, -0.05) is 13.8 Å². The molecule has 0 bridgehead atoms. The summed E-state index contributed by atoms with van der Waals surface area (Å²) in [4.78, 5) is 4.59. The van der Waals surface area contributed by atoms with Crippen molar-refractivity contribution >= 4 is 15.9 Å². The third-order valence-electron chi connectivity index (χ3n) is 3.43. The number of nitrogens with zero attached hydrogens (tertiary/aromatic N) is 3. The second-order valence-corrected chi connectivity index (χ2v) is 5.65. The van der Waals surface area contributed by atoms with Crippen LogP contribution in [0.15, 0.2) is 22.8 Å². The molecule has 0 saturated carbocycles. The van der Waals surface area contributed by atoms with Gasteiger partial charge in [0, 0.05) is 6.04 Å². The lowest BCUT2D eigenvalue weighted by atomic mass is 10.1. The molecule has 1 unspecified atom stereocenters. The molecule has 2 rings (SSSR count). The molecule has 1 N–H and O–H groups in total. The molecule has 0 aliphatic rings. The summed E-state index contributed by atoms with van der Waals surface area (Å²) in [7, 11) is 0. The lowest BCUT2D eigenvalue weighted by Gasteiger charge is -2.15. The Hall–Kier alpha value is -1.20. The van der Waals surface area contributed by atoms with Crippen LogP contribution in [0.3, 0.4) is 0 Å². The van der Waals surface area contributed by atoms with Crippen LogP contribution < -0.4 is 5.32 Å². The molecule has 0 fully saturated rings. The minimum atomic E-state index is 0.321. The second-order valence-electron chi connectivity index (χ2n) is 4.86. The second kappa shape index (κ2) is 6.50. The van der Waals surface area contributed by atoms with Crippen molar-refractivity contribution in [2.45, 2.75) is 40.2 Å². The zero-order valence-corrected chi connectivity index (χ0v) is 14.0. The maximum Gasteiger partial charge on any atom is 0.0832 e. The number of nitrogens with one attached hydrogen (secondary N) is 1. The van der Waals surface area contributed by atoms with Crippen LogP contribution in [0.1, 0.15) is 43.4 Å². The average Bonchev–Trinajstić information content (AvgIpc) is 2.73. The van der Waals surface area contributed by atoms with E-state index in [4.69, 9.17) is 0 Å². The SMILES string of the molecule is CCNC(CC)c1ccc(-n2nc(C)c(Br)c2C)cn1. The van der Waals surface area contributed by atoms with Gasteiger partial charge in [-0.2, -0.15) is 5.10 Å². The van der Waals surface area contributed by atoms with Crippen molar-refractivity contribution < 1.29 is 0 Å². The number of pyridine rings is 1. The van der Waals surface area contributed by atoms with Gasteiger partial charge in [-0.05, 0) is 54.9 Å². The van der Waals surface area contributed by atoms with Gasteiger partial charge in [-0.25, -0.2) is 4.68 Å². The number of hydrogen-bond donors (Lipinski definition) is 1. The summed E-state index contributed by atoms with van der Waals surface area (Å²) in [5.41, 5.74) is 4.16. The van der Waals surface area contributed by atoms with Crippen molar-refractivity contribution in [1.82, 2.24) is 20.1 Å². The van der Waals surface area contributed by atoms with Gasteiger partial charge in [-0.3, -0.25) is 4.98 Å². The zero-order chi connectivity index (χ0) is 14.7. The van der Waals surface area contributed by atoms with Gasteiger partial charge < -0.3 is 5.32 Å². The predicted octanol–water partition coefficient (Wildman–Crippen LogP) is 3.71. The van der Waals surface area contributed by atoms with Gasteiger partial charge in [0.2, 0.25) is 0 Å². The van der Waals surface area contributed by atoms with Crippen molar-refractivity contribution in [2.24, 2.45) is 0 Å². The Balaban J connectivity index is 2.30. The number of rotatable bonds is 5. The molecule has 0 aliphatic carbocycles. The maximum atomic E-state index is 4.59. The van der Waals surface area contributed by atoms with Crippen LogP contribution in [0.4, 0.5) is 0 Å². The summed E-state index contributed by atoms with van der Waals surface area (Å²) in [5, 5.41) is 7.97. The van der Waals surface area contributed by atoms with E-state index >= 15 is 0 Å². The highest BCUT2D eigenvalue weighted by Crippen LogP contribution is 2.23. The minimum absolute atomic E-state index is 0.321. The van der Waals surface area contributed by atoms with Crippen LogP contribution in [-0.2, 0) is 0 Å². The number of hydrogen-bond acceptors (Lipinski definition) is 3. The van der Waals surface area contributed by atoms with Crippen LogP contribution in [0, 0.1) is 13.8 Å². The number of halogens is 1. The van der Waals surface area contributed by atoms with E-state index in [2.05, 4.69) is 57.3 Å². The monoisotopic (exact) mass is 336 g/mol. The molecule has 2 aromatic rings. The van der Waals surface area contributed by atoms with E-state index in [0.29, 0.717) is 6.04 Å². The van der Waals surface area contributed by atoms with Crippen LogP contribution in [-0.4, -0.2) is 21.3 Å². The Morgan fingerprint density at radius 1 is 1.30 bits per heavy atom. The molecule has 0 saturated heterocycles. The fraction of sp³-hybridized carbons (Fsp3) is 0.467. The smallest absolute Gasteiger partial charge is 0.0832 e. The van der Waals surface area contributed by atoms with Crippen molar-refractivity contribution in [3.05, 3.63) is 39.9 Å². The Labute approximate surface area is 128 Å². The Bertz CT molecular complexity index is 574. The summed E-state index contributed by atoms with van der Waals surface area (Å²) < 4.78 is 2.98. The lowest BCUT2D eigenvalue weighted by Crippen LogP contribution is -2.21. The largest absolute Gasteiger partial charge is 0.309 e. The molecule has 20 heavy (non-hydrogen) atoms. The summed E-state index contributed by atoms with van der Waals surface area (Å²) in [6.07, 6.45) is 2.92. The normalized spacial score (nSPS) is 12.7. The molecule has 0 aromatic carbocycles. The first kappa shape index (κ1) is 15.2. The first-order chi connectivity index (χ1) is 9.58. The summed E-state index contributed by atoms with van der Waals surface area (Å²) in [6.45, 7) is 9.27. The van der Waals surface area contributed by atoms with Gasteiger partial charge in [0.25, 0.3) is 0 Å². The van der Waals surface area contributed by atoms with Gasteiger partial charge in [0.15, 0.2) is 0 Å². The zero-order valence-electron chi connectivity index (χ0n) is 12.4. The quantitative estimate of drug-likeness (QED) is 0.904. The topological polar surface area (TPSA) is 42.7 Å². The molecular weight excluding hydrogens is 316 g/mol. The lowest BCUT2D eigenvalue weighted by molar-refractivity contribution is 0.524. The standard InChI is InChI=1S/C15H21BrN4/c1-5-13(17-6-2)14-8-7-12(9-18-14)20-11(4)15(16)10(3)19-20/h7-9,13,17H,5-6H2,1-4H3. The fourth-order valence-corrected chi connectivity index (χ4v) is 2.56. The van der Waals surface area contributed by atoms with Crippen LogP contribution in [0.25, 0.3) is 5.69 Å². The average molecular weight is 337 g/mol. The van der Waals surface area contributed by atoms with E-state index in [1.54, 1.807) is 0 Å². The highest BCUT2D eigenvalue weighted by Gasteiger charge is 2.12. The molecule has 0 radical (unpaired) electrons. The molecule has 0 spiro atoms. The Morgan fingerprint density at radius 3 is 2.50 bits per heavy atom. The van der Waals surface area contributed by atoms with Crippen molar-refractivity contribution in [1.29, 1.82) is 0 Å². The summed E-state index contributed by atoms with van der Waals surface area (Å²) >= 11 is 3.55. The Kier molecular flexibility index (Phi) is 4.94. The third-order valence-corrected chi connectivity index (χ3v) is 4.58. The molecule has 4 nitrogen and oxygen atoms in total. The van der Waals surface area contributed by atoms with Crippen molar-refractivity contribution in [3.8, 4) is 5.69 Å². The molecule has 2 aromatic heterocycles. The highest BCUT2D eigenvalue weighted by molar-refractivity contribution is 9.10. The van der Waals surface area contributed by atoms with Gasteiger partial charge in [0.1, 0.15) is 0 Å². The Morgan fingerprint density at radius 2 is 2.05 bits per heavy atom. The molecule has 0 amide bonds. The molecule has 1 atom stereocenters. The molecular formula is C15H21BrN4. The van der Waals surface area contributed by atoms with Crippen LogP contribution in [0.5, 0.6) is 0 Å². The molecule has 0 aliphatic heterocycles. The van der Waals surface area contributed by atoms with Crippen LogP contribution >= 0.6 is 15.9 Å². The molecule has 2 heterocycles. The van der Waals surface area contributed by atoms with E-state index < -0.39 is 0 Å². The predicted molar refractivity (Wildman–Crippen MR) is 85.2 cm³/mol. The van der Waals surface area contributed by atoms with Crippen molar-refractivity contribution in [2.75, 3.05) is 6.54 Å². The highest BCUT2D eigenvalue weighted by atomic mass is 79.9.